The summed E-state index contributed by atoms with van der Waals surface area (Å²) in [5.74, 6) is 0. The van der Waals surface area contributed by atoms with Crippen LogP contribution in [0.1, 0.15) is 5.56 Å². The molecule has 0 heterocycles. The van der Waals surface area contributed by atoms with Crippen molar-refractivity contribution in [1.82, 2.24) is 0 Å². The molecule has 0 saturated heterocycles. The molecule has 0 nitrogen and oxygen atoms in total. The van der Waals surface area contributed by atoms with Crippen molar-refractivity contribution in [2.75, 3.05) is 0 Å². The summed E-state index contributed by atoms with van der Waals surface area (Å²) >= 11 is 0. The molecule has 2 aromatic rings. The Bertz CT molecular complexity index is 595. The molecule has 3 rings (SSSR count). The first-order valence-corrected chi connectivity index (χ1v) is 9.82. The maximum absolute atomic E-state index is 2.47. The van der Waals surface area contributed by atoms with Gasteiger partial charge >= 0.3 is 21.1 Å². The first-order valence-electron chi connectivity index (χ1n) is 6.82. The molecule has 0 amide bonds. The average molecular weight is 504 g/mol. The van der Waals surface area contributed by atoms with Gasteiger partial charge in [-0.3, -0.25) is 0 Å². The van der Waals surface area contributed by atoms with E-state index in [9.17, 15) is 0 Å². The minimum atomic E-state index is -1.67. The summed E-state index contributed by atoms with van der Waals surface area (Å²) in [6.07, 6.45) is 9.18. The van der Waals surface area contributed by atoms with E-state index in [1.54, 1.807) is 0 Å². The van der Waals surface area contributed by atoms with Gasteiger partial charge in [-0.25, -0.2) is 12.1 Å². The van der Waals surface area contributed by atoms with Gasteiger partial charge in [-0.15, -0.1) is 5.56 Å². The van der Waals surface area contributed by atoms with Gasteiger partial charge in [-0.2, -0.15) is 12.1 Å². The normalized spacial score (nSPS) is 14.0. The van der Waals surface area contributed by atoms with Gasteiger partial charge in [0.2, 0.25) is 0 Å². The van der Waals surface area contributed by atoms with Crippen LogP contribution in [0.25, 0.3) is 0 Å². The molecule has 1 aliphatic carbocycles. The summed E-state index contributed by atoms with van der Waals surface area (Å²) in [5, 5.41) is 1.60. The SMILES string of the molecule is C[Si](C)(c1ccccc1)C1([c-]2cccc2)C=CC=C1.[CH3-].[CH3-].[CH3-].[Pt+4]. The van der Waals surface area contributed by atoms with E-state index in [1.165, 1.54) is 10.8 Å². The topological polar surface area (TPSA) is 0 Å². The minimum Gasteiger partial charge on any atom is -0.358 e. The van der Waals surface area contributed by atoms with Crippen molar-refractivity contribution in [2.45, 2.75) is 18.1 Å². The zero-order valence-corrected chi connectivity index (χ0v) is 18.1. The van der Waals surface area contributed by atoms with Crippen LogP contribution in [0.5, 0.6) is 0 Å². The smallest absolute Gasteiger partial charge is 0.358 e. The van der Waals surface area contributed by atoms with Crippen LogP contribution in [-0.2, 0) is 26.1 Å². The molecule has 1 aliphatic rings. The van der Waals surface area contributed by atoms with Gasteiger partial charge in [0.05, 0.1) is 8.07 Å². The van der Waals surface area contributed by atoms with Crippen LogP contribution >= 0.6 is 0 Å². The Morgan fingerprint density at radius 1 is 0.783 bits per heavy atom. The number of benzene rings is 1. The largest absolute Gasteiger partial charge is 4.00 e. The van der Waals surface area contributed by atoms with E-state index in [2.05, 4.69) is 92.0 Å². The second-order valence-electron chi connectivity index (χ2n) is 5.75. The number of hydrogen-bond donors (Lipinski definition) is 0. The predicted molar refractivity (Wildman–Crippen MR) is 105 cm³/mol. The number of hydrogen-bond acceptors (Lipinski definition) is 0. The Morgan fingerprint density at radius 2 is 1.26 bits per heavy atom. The van der Waals surface area contributed by atoms with Crippen LogP contribution in [0.2, 0.25) is 13.1 Å². The third kappa shape index (κ3) is 3.90. The molecule has 23 heavy (non-hydrogen) atoms. The quantitative estimate of drug-likeness (QED) is 0.395. The molecule has 2 heteroatoms. The van der Waals surface area contributed by atoms with Gasteiger partial charge < -0.3 is 22.3 Å². The zero-order valence-electron chi connectivity index (χ0n) is 14.8. The monoisotopic (exact) mass is 503 g/mol. The third-order valence-electron chi connectivity index (χ3n) is 4.50. The van der Waals surface area contributed by atoms with E-state index in [0.717, 1.165) is 0 Å². The first-order chi connectivity index (χ1) is 9.17. The molecule has 126 valence electrons. The fourth-order valence-electron chi connectivity index (χ4n) is 3.18. The fourth-order valence-corrected chi connectivity index (χ4v) is 6.60. The summed E-state index contributed by atoms with van der Waals surface area (Å²) in [5.41, 5.74) is 1.43. The van der Waals surface area contributed by atoms with E-state index in [-0.39, 0.29) is 48.4 Å². The van der Waals surface area contributed by atoms with E-state index in [4.69, 9.17) is 0 Å². The summed E-state index contributed by atoms with van der Waals surface area (Å²) < 4.78 is 0. The molecule has 0 spiro atoms. The molecule has 0 bridgehead atoms. The van der Waals surface area contributed by atoms with Gasteiger partial charge in [0.15, 0.2) is 0 Å². The van der Waals surface area contributed by atoms with Gasteiger partial charge in [0.25, 0.3) is 0 Å². The van der Waals surface area contributed by atoms with Crippen LogP contribution in [0.3, 0.4) is 0 Å². The van der Waals surface area contributed by atoms with Gasteiger partial charge in [-0.05, 0) is 5.04 Å². The third-order valence-corrected chi connectivity index (χ3v) is 8.97. The van der Waals surface area contributed by atoms with Crippen LogP contribution in [0.4, 0.5) is 0 Å². The molecule has 0 atom stereocenters. The minimum absolute atomic E-state index is 0. The Balaban J connectivity index is 0. The molecule has 0 aromatic heterocycles. The van der Waals surface area contributed by atoms with E-state index >= 15 is 0 Å². The summed E-state index contributed by atoms with van der Waals surface area (Å²) in [4.78, 5) is 0. The Labute approximate surface area is 159 Å². The van der Waals surface area contributed by atoms with Gasteiger partial charge in [-0.1, -0.05) is 72.9 Å². The van der Waals surface area contributed by atoms with Crippen molar-refractivity contribution in [3.8, 4) is 0 Å². The summed E-state index contributed by atoms with van der Waals surface area (Å²) in [6, 6.07) is 19.8. The molecule has 0 saturated carbocycles. The molecule has 0 fully saturated rings. The second kappa shape index (κ2) is 9.30. The predicted octanol–water partition coefficient (Wildman–Crippen LogP) is 5.27. The Hall–Kier alpha value is -1.04. The van der Waals surface area contributed by atoms with Crippen LogP contribution in [0, 0.1) is 22.3 Å². The molecular formula is C21H28PtSi. The van der Waals surface area contributed by atoms with Crippen LogP contribution in [-0.4, -0.2) is 8.07 Å². The van der Waals surface area contributed by atoms with Crippen LogP contribution < -0.4 is 5.19 Å². The Kier molecular flexibility index (Phi) is 9.79. The van der Waals surface area contributed by atoms with Gasteiger partial charge in [0, 0.05) is 0 Å². The van der Waals surface area contributed by atoms with E-state index in [0.29, 0.717) is 0 Å². The number of rotatable bonds is 3. The maximum atomic E-state index is 2.47. The zero-order chi connectivity index (χ0) is 13.3. The van der Waals surface area contributed by atoms with Crippen molar-refractivity contribution in [3.63, 3.8) is 0 Å². The molecule has 0 N–H and O–H groups in total. The molecule has 0 aliphatic heterocycles. The van der Waals surface area contributed by atoms with Crippen molar-refractivity contribution >= 4 is 13.3 Å². The number of allylic oxidation sites excluding steroid dienone is 4. The molecule has 0 radical (unpaired) electrons. The average Bonchev–Trinajstić information content (AvgIpc) is 3.11. The van der Waals surface area contributed by atoms with Crippen molar-refractivity contribution in [2.24, 2.45) is 0 Å². The first kappa shape index (κ1) is 24.2. The standard InChI is InChI=1S/C18H19Si.3CH3.Pt/c1-19(2,17-12-4-3-5-13-17)18(14-8-9-15-18)16-10-6-7-11-16;;;;/h3-15H,1-2H3;3*1H3;/q4*-1;+4. The second-order valence-corrected chi connectivity index (χ2v) is 10.4. The fraction of sp³-hybridized carbons (Fsp3) is 0.143. The molecule has 2 aromatic carbocycles. The van der Waals surface area contributed by atoms with Gasteiger partial charge in [0.1, 0.15) is 0 Å². The van der Waals surface area contributed by atoms with Crippen molar-refractivity contribution in [3.05, 3.63) is 107 Å². The van der Waals surface area contributed by atoms with Crippen molar-refractivity contribution in [1.29, 1.82) is 0 Å². The van der Waals surface area contributed by atoms with E-state index < -0.39 is 8.07 Å². The molecule has 0 unspecified atom stereocenters. The van der Waals surface area contributed by atoms with Crippen LogP contribution in [0.15, 0.2) is 78.9 Å². The Morgan fingerprint density at radius 3 is 1.74 bits per heavy atom. The van der Waals surface area contributed by atoms with Crippen molar-refractivity contribution < 1.29 is 21.1 Å². The maximum Gasteiger partial charge on any atom is 4.00 e. The van der Waals surface area contributed by atoms with E-state index in [1.807, 2.05) is 0 Å². The summed E-state index contributed by atoms with van der Waals surface area (Å²) in [6.45, 7) is 4.94. The molecular weight excluding hydrogens is 475 g/mol. The summed E-state index contributed by atoms with van der Waals surface area (Å²) in [7, 11) is -1.67.